The number of carbonyl (C=O) groups is 1. The van der Waals surface area contributed by atoms with Crippen molar-refractivity contribution in [3.63, 3.8) is 0 Å². The summed E-state index contributed by atoms with van der Waals surface area (Å²) in [5.41, 5.74) is 2.49. The molecule has 0 saturated carbocycles. The summed E-state index contributed by atoms with van der Waals surface area (Å²) in [6, 6.07) is 6.46. The topological polar surface area (TPSA) is 97.7 Å². The lowest BCUT2D eigenvalue weighted by molar-refractivity contribution is -0.137. The zero-order chi connectivity index (χ0) is 18.9. The second kappa shape index (κ2) is 6.87. The smallest absolute Gasteiger partial charge is 0.341 e. The Morgan fingerprint density at radius 2 is 2.08 bits per heavy atom. The van der Waals surface area contributed by atoms with Crippen molar-refractivity contribution < 1.29 is 17.9 Å². The molecule has 0 radical (unpaired) electrons. The standard InChI is InChI=1S/C18H19N3O4S/c1-4-25-18(22)16-11(2)10-20-17(16)21-15-7-8-19-14-6-5-12(9-13(14)15)26(3,23)24/h5-9H,4,10H2,1-3H3,(H,19,20,21). The Hall–Kier alpha value is -2.74. The van der Waals surface area contributed by atoms with Gasteiger partial charge in [-0.05, 0) is 43.7 Å². The van der Waals surface area contributed by atoms with E-state index in [4.69, 9.17) is 4.74 Å². The molecule has 1 aliphatic rings. The molecule has 0 fully saturated rings. The predicted octanol–water partition coefficient (Wildman–Crippen LogP) is 2.34. The highest BCUT2D eigenvalue weighted by atomic mass is 32.2. The van der Waals surface area contributed by atoms with Gasteiger partial charge in [0.1, 0.15) is 11.4 Å². The van der Waals surface area contributed by atoms with E-state index in [9.17, 15) is 13.2 Å². The Morgan fingerprint density at radius 1 is 1.31 bits per heavy atom. The molecule has 0 unspecified atom stereocenters. The normalized spacial score (nSPS) is 14.5. The van der Waals surface area contributed by atoms with Crippen LogP contribution in [0.5, 0.6) is 0 Å². The fourth-order valence-electron chi connectivity index (χ4n) is 2.73. The van der Waals surface area contributed by atoms with Crippen molar-refractivity contribution in [3.05, 3.63) is 41.6 Å². The Bertz CT molecular complexity index is 1060. The van der Waals surface area contributed by atoms with E-state index in [2.05, 4.69) is 15.3 Å². The van der Waals surface area contributed by atoms with Crippen molar-refractivity contribution in [1.29, 1.82) is 0 Å². The largest absolute Gasteiger partial charge is 0.462 e. The summed E-state index contributed by atoms with van der Waals surface area (Å²) in [6.45, 7) is 4.26. The van der Waals surface area contributed by atoms with Crippen LogP contribution < -0.4 is 5.32 Å². The van der Waals surface area contributed by atoms with Crippen LogP contribution in [-0.2, 0) is 19.4 Å². The van der Waals surface area contributed by atoms with Gasteiger partial charge in [0.05, 0.1) is 29.3 Å². The minimum absolute atomic E-state index is 0.201. The van der Waals surface area contributed by atoms with Gasteiger partial charge in [-0.15, -0.1) is 0 Å². The van der Waals surface area contributed by atoms with E-state index in [0.29, 0.717) is 34.5 Å². The van der Waals surface area contributed by atoms with E-state index in [1.165, 1.54) is 6.07 Å². The molecular weight excluding hydrogens is 354 g/mol. The lowest BCUT2D eigenvalue weighted by Gasteiger charge is -2.12. The van der Waals surface area contributed by atoms with Crippen LogP contribution in [0.3, 0.4) is 0 Å². The molecule has 1 aromatic heterocycles. The fourth-order valence-corrected chi connectivity index (χ4v) is 3.37. The highest BCUT2D eigenvalue weighted by Crippen LogP contribution is 2.27. The molecule has 2 heterocycles. The Kier molecular flexibility index (Phi) is 4.78. The van der Waals surface area contributed by atoms with Crippen molar-refractivity contribution in [2.45, 2.75) is 18.7 Å². The minimum atomic E-state index is -3.35. The Labute approximate surface area is 151 Å². The maximum atomic E-state index is 12.2. The SMILES string of the molecule is CCOC(=O)C1=C(C)CN=C1Nc1ccnc2ccc(S(C)(=O)=O)cc12. The van der Waals surface area contributed by atoms with E-state index >= 15 is 0 Å². The highest BCUT2D eigenvalue weighted by Gasteiger charge is 2.25. The molecule has 0 bridgehead atoms. The van der Waals surface area contributed by atoms with Crippen LogP contribution in [0, 0.1) is 0 Å². The molecule has 1 aromatic carbocycles. The number of aromatic nitrogens is 1. The first kappa shape index (κ1) is 18.1. The van der Waals surface area contributed by atoms with Crippen molar-refractivity contribution in [2.24, 2.45) is 4.99 Å². The number of rotatable bonds is 4. The third-order valence-electron chi connectivity index (χ3n) is 4.01. The first-order valence-corrected chi connectivity index (χ1v) is 9.98. The number of amidine groups is 1. The maximum absolute atomic E-state index is 12.2. The van der Waals surface area contributed by atoms with E-state index in [1.54, 1.807) is 31.3 Å². The van der Waals surface area contributed by atoms with Gasteiger partial charge >= 0.3 is 5.97 Å². The van der Waals surface area contributed by atoms with Gasteiger partial charge in [0.2, 0.25) is 0 Å². The second-order valence-corrected chi connectivity index (χ2v) is 7.99. The molecule has 0 spiro atoms. The van der Waals surface area contributed by atoms with Crippen molar-refractivity contribution in [2.75, 3.05) is 24.7 Å². The van der Waals surface area contributed by atoms with Gasteiger partial charge in [-0.2, -0.15) is 0 Å². The number of hydrogen-bond acceptors (Lipinski definition) is 7. The lowest BCUT2D eigenvalue weighted by atomic mass is 10.1. The molecule has 1 aliphatic heterocycles. The average molecular weight is 373 g/mol. The molecule has 0 atom stereocenters. The van der Waals surface area contributed by atoms with Gasteiger partial charge < -0.3 is 10.1 Å². The number of nitrogens with one attached hydrogen (secondary N) is 1. The number of benzene rings is 1. The molecule has 1 N–H and O–H groups in total. The van der Waals surface area contributed by atoms with E-state index < -0.39 is 15.8 Å². The molecule has 0 saturated heterocycles. The van der Waals surface area contributed by atoms with Crippen molar-refractivity contribution >= 4 is 38.2 Å². The summed E-state index contributed by atoms with van der Waals surface area (Å²) in [5.74, 6) is -0.0119. The molecule has 7 nitrogen and oxygen atoms in total. The van der Waals surface area contributed by atoms with Crippen LogP contribution in [0.25, 0.3) is 10.9 Å². The van der Waals surface area contributed by atoms with Crippen molar-refractivity contribution in [3.8, 4) is 0 Å². The predicted molar refractivity (Wildman–Crippen MR) is 100 cm³/mol. The van der Waals surface area contributed by atoms with E-state index in [1.807, 2.05) is 6.92 Å². The zero-order valence-electron chi connectivity index (χ0n) is 14.7. The summed E-state index contributed by atoms with van der Waals surface area (Å²) in [7, 11) is -3.35. The number of pyridine rings is 1. The van der Waals surface area contributed by atoms with Gasteiger partial charge in [0.25, 0.3) is 0 Å². The number of sulfone groups is 1. The first-order valence-electron chi connectivity index (χ1n) is 8.08. The minimum Gasteiger partial charge on any atom is -0.462 e. The Morgan fingerprint density at radius 3 is 2.77 bits per heavy atom. The number of aliphatic imine (C=N–C) groups is 1. The van der Waals surface area contributed by atoms with Crippen LogP contribution in [0.1, 0.15) is 13.8 Å². The van der Waals surface area contributed by atoms with Gasteiger partial charge in [0.15, 0.2) is 9.84 Å². The van der Waals surface area contributed by atoms with Crippen LogP contribution in [0.2, 0.25) is 0 Å². The molecule has 0 aliphatic carbocycles. The molecule has 8 heteroatoms. The lowest BCUT2D eigenvalue weighted by Crippen LogP contribution is -2.21. The number of fused-ring (bicyclic) bond motifs is 1. The van der Waals surface area contributed by atoms with Crippen LogP contribution >= 0.6 is 0 Å². The second-order valence-electron chi connectivity index (χ2n) is 5.98. The Balaban J connectivity index is 2.03. The number of anilines is 1. The zero-order valence-corrected chi connectivity index (χ0v) is 15.6. The molecule has 136 valence electrons. The summed E-state index contributed by atoms with van der Waals surface area (Å²) in [6.07, 6.45) is 2.77. The van der Waals surface area contributed by atoms with Gasteiger partial charge in [-0.1, -0.05) is 0 Å². The van der Waals surface area contributed by atoms with Crippen LogP contribution in [0.15, 0.2) is 51.5 Å². The maximum Gasteiger partial charge on any atom is 0.341 e. The molecule has 2 aromatic rings. The third kappa shape index (κ3) is 3.45. The van der Waals surface area contributed by atoms with Gasteiger partial charge in [0, 0.05) is 17.8 Å². The van der Waals surface area contributed by atoms with Crippen LogP contribution in [0.4, 0.5) is 5.69 Å². The van der Waals surface area contributed by atoms with Gasteiger partial charge in [-0.3, -0.25) is 9.98 Å². The number of ether oxygens (including phenoxy) is 1. The average Bonchev–Trinajstić information content (AvgIpc) is 2.94. The quantitative estimate of drug-likeness (QED) is 0.826. The fraction of sp³-hybridized carbons (Fsp3) is 0.278. The molecule has 26 heavy (non-hydrogen) atoms. The number of esters is 1. The summed E-state index contributed by atoms with van der Waals surface area (Å²) in [4.78, 5) is 21.0. The molecule has 3 rings (SSSR count). The van der Waals surface area contributed by atoms with Crippen molar-refractivity contribution in [1.82, 2.24) is 4.98 Å². The number of hydrogen-bond donors (Lipinski definition) is 1. The molecule has 0 amide bonds. The number of nitrogens with zero attached hydrogens (tertiary/aromatic N) is 2. The summed E-state index contributed by atoms with van der Waals surface area (Å²) < 4.78 is 28.8. The highest BCUT2D eigenvalue weighted by molar-refractivity contribution is 7.90. The van der Waals surface area contributed by atoms with E-state index in [-0.39, 0.29) is 11.5 Å². The third-order valence-corrected chi connectivity index (χ3v) is 5.12. The monoisotopic (exact) mass is 373 g/mol. The number of carbonyl (C=O) groups excluding carboxylic acids is 1. The summed E-state index contributed by atoms with van der Waals surface area (Å²) in [5, 5.41) is 3.77. The first-order chi connectivity index (χ1) is 12.3. The molecular formula is C18H19N3O4S. The van der Waals surface area contributed by atoms with Gasteiger partial charge in [-0.25, -0.2) is 13.2 Å². The van der Waals surface area contributed by atoms with Crippen LogP contribution in [-0.4, -0.2) is 44.6 Å². The van der Waals surface area contributed by atoms with E-state index in [0.717, 1.165) is 11.8 Å². The summed E-state index contributed by atoms with van der Waals surface area (Å²) >= 11 is 0.